The second-order valence-electron chi connectivity index (χ2n) is 6.95. The molecule has 4 aromatic heterocycles. The average Bonchev–Trinajstić information content (AvgIpc) is 3.45. The number of fused-ring (bicyclic) bond motifs is 1. The maximum Gasteiger partial charge on any atom is 0.259 e. The number of carbonyl (C=O) groups is 1. The van der Waals surface area contributed by atoms with Crippen LogP contribution in [0.2, 0.25) is 0 Å². The van der Waals surface area contributed by atoms with Crippen LogP contribution >= 0.6 is 0 Å². The number of aryl methyl sites for hydroxylation is 4. The summed E-state index contributed by atoms with van der Waals surface area (Å²) in [6.07, 6.45) is 6.46. The van der Waals surface area contributed by atoms with Crippen LogP contribution in [0.4, 0.5) is 0 Å². The van der Waals surface area contributed by atoms with Crippen molar-refractivity contribution in [2.45, 2.75) is 40.3 Å². The molecule has 0 atom stereocenters. The van der Waals surface area contributed by atoms with Gasteiger partial charge in [0.15, 0.2) is 0 Å². The van der Waals surface area contributed by atoms with Crippen molar-refractivity contribution in [3.63, 3.8) is 0 Å². The van der Waals surface area contributed by atoms with Crippen LogP contribution in [0, 0.1) is 13.8 Å². The average molecular weight is 393 g/mol. The number of pyridine rings is 1. The molecule has 0 aliphatic heterocycles. The summed E-state index contributed by atoms with van der Waals surface area (Å²) >= 11 is 0. The lowest BCUT2D eigenvalue weighted by Gasteiger charge is -2.08. The Morgan fingerprint density at radius 2 is 2.10 bits per heavy atom. The summed E-state index contributed by atoms with van der Waals surface area (Å²) in [7, 11) is 0. The van der Waals surface area contributed by atoms with Crippen LogP contribution in [0.1, 0.15) is 35.0 Å². The molecule has 4 aromatic rings. The Kier molecular flexibility index (Phi) is 5.11. The number of amides is 1. The molecule has 0 saturated carbocycles. The lowest BCUT2D eigenvalue weighted by atomic mass is 10.1. The Morgan fingerprint density at radius 3 is 2.83 bits per heavy atom. The summed E-state index contributed by atoms with van der Waals surface area (Å²) in [4.78, 5) is 17.4. The topological polar surface area (TPSA) is 104 Å². The first-order valence-electron chi connectivity index (χ1n) is 9.63. The maximum atomic E-state index is 12.9. The van der Waals surface area contributed by atoms with Gasteiger partial charge in [0.05, 0.1) is 28.5 Å². The smallest absolute Gasteiger partial charge is 0.259 e. The van der Waals surface area contributed by atoms with E-state index in [9.17, 15) is 4.79 Å². The van der Waals surface area contributed by atoms with Crippen molar-refractivity contribution in [1.29, 1.82) is 0 Å². The molecule has 0 unspecified atom stereocenters. The van der Waals surface area contributed by atoms with Crippen LogP contribution in [0.15, 0.2) is 35.2 Å². The second-order valence-corrected chi connectivity index (χ2v) is 6.95. The largest absolute Gasteiger partial charge is 0.352 e. The predicted molar refractivity (Wildman–Crippen MR) is 107 cm³/mol. The highest BCUT2D eigenvalue weighted by Crippen LogP contribution is 2.26. The molecule has 1 N–H and O–H groups in total. The van der Waals surface area contributed by atoms with E-state index in [2.05, 4.69) is 25.7 Å². The van der Waals surface area contributed by atoms with E-state index in [-0.39, 0.29) is 5.91 Å². The molecule has 0 fully saturated rings. The third kappa shape index (κ3) is 3.89. The summed E-state index contributed by atoms with van der Waals surface area (Å²) in [5.41, 5.74) is 3.85. The SMILES string of the molecule is CCn1ccc(-c2cc(C(=O)NCCCn3cc(C)cn3)c3c(C)noc3n2)n1. The predicted octanol–water partition coefficient (Wildman–Crippen LogP) is 2.74. The number of carbonyl (C=O) groups excluding carboxylic acids is 1. The third-order valence-electron chi connectivity index (χ3n) is 4.70. The van der Waals surface area contributed by atoms with Gasteiger partial charge in [0.25, 0.3) is 11.6 Å². The summed E-state index contributed by atoms with van der Waals surface area (Å²) in [6.45, 7) is 7.85. The normalized spacial score (nSPS) is 11.3. The Hall–Kier alpha value is -3.49. The van der Waals surface area contributed by atoms with E-state index in [0.29, 0.717) is 40.3 Å². The van der Waals surface area contributed by atoms with E-state index in [1.54, 1.807) is 13.0 Å². The van der Waals surface area contributed by atoms with Gasteiger partial charge in [0.1, 0.15) is 5.69 Å². The van der Waals surface area contributed by atoms with E-state index >= 15 is 0 Å². The van der Waals surface area contributed by atoms with Crippen molar-refractivity contribution in [3.8, 4) is 11.4 Å². The first-order valence-corrected chi connectivity index (χ1v) is 9.63. The molecule has 4 heterocycles. The molecule has 0 saturated heterocycles. The molecule has 0 aromatic carbocycles. The standard InChI is InChI=1S/C20H23N7O2/c1-4-26-9-6-16(24-26)17-10-15(18-14(3)25-29-20(18)23-17)19(28)21-7-5-8-27-12-13(2)11-22-27/h6,9-12H,4-5,7-8H2,1-3H3,(H,21,28). The van der Waals surface area contributed by atoms with Gasteiger partial charge in [-0.1, -0.05) is 5.16 Å². The minimum atomic E-state index is -0.184. The summed E-state index contributed by atoms with van der Waals surface area (Å²) in [6, 6.07) is 3.62. The Morgan fingerprint density at radius 1 is 1.24 bits per heavy atom. The van der Waals surface area contributed by atoms with E-state index in [1.807, 2.05) is 47.9 Å². The maximum absolute atomic E-state index is 12.9. The minimum absolute atomic E-state index is 0.184. The Balaban J connectivity index is 1.54. The highest BCUT2D eigenvalue weighted by atomic mass is 16.5. The first-order chi connectivity index (χ1) is 14.0. The van der Waals surface area contributed by atoms with Crippen LogP contribution in [0.5, 0.6) is 0 Å². The summed E-state index contributed by atoms with van der Waals surface area (Å²) < 4.78 is 9.02. The van der Waals surface area contributed by atoms with Crippen LogP contribution in [0.25, 0.3) is 22.5 Å². The lowest BCUT2D eigenvalue weighted by Crippen LogP contribution is -2.25. The van der Waals surface area contributed by atoms with Crippen molar-refractivity contribution in [2.75, 3.05) is 6.54 Å². The number of hydrogen-bond acceptors (Lipinski definition) is 6. The van der Waals surface area contributed by atoms with Crippen molar-refractivity contribution < 1.29 is 9.32 Å². The van der Waals surface area contributed by atoms with Gasteiger partial charge in [0, 0.05) is 32.0 Å². The van der Waals surface area contributed by atoms with Crippen LogP contribution in [-0.4, -0.2) is 42.2 Å². The molecule has 150 valence electrons. The van der Waals surface area contributed by atoms with Gasteiger partial charge in [-0.3, -0.25) is 14.2 Å². The van der Waals surface area contributed by atoms with Gasteiger partial charge in [-0.05, 0) is 44.9 Å². The molecule has 4 rings (SSSR count). The fourth-order valence-corrected chi connectivity index (χ4v) is 3.21. The number of hydrogen-bond donors (Lipinski definition) is 1. The first kappa shape index (κ1) is 18.9. The van der Waals surface area contributed by atoms with Gasteiger partial charge < -0.3 is 9.84 Å². The van der Waals surface area contributed by atoms with Crippen LogP contribution in [0.3, 0.4) is 0 Å². The third-order valence-corrected chi connectivity index (χ3v) is 4.70. The van der Waals surface area contributed by atoms with Crippen molar-refractivity contribution in [1.82, 2.24) is 35.0 Å². The Bertz CT molecular complexity index is 1150. The summed E-state index contributed by atoms with van der Waals surface area (Å²) in [5, 5.41) is 16.3. The summed E-state index contributed by atoms with van der Waals surface area (Å²) in [5.74, 6) is -0.184. The van der Waals surface area contributed by atoms with Gasteiger partial charge in [-0.25, -0.2) is 4.98 Å². The number of aromatic nitrogens is 6. The van der Waals surface area contributed by atoms with Crippen molar-refractivity contribution in [3.05, 3.63) is 47.5 Å². The number of nitrogens with zero attached hydrogens (tertiary/aromatic N) is 6. The molecule has 0 bridgehead atoms. The monoisotopic (exact) mass is 393 g/mol. The zero-order valence-corrected chi connectivity index (χ0v) is 16.7. The highest BCUT2D eigenvalue weighted by Gasteiger charge is 2.20. The van der Waals surface area contributed by atoms with Crippen LogP contribution < -0.4 is 5.32 Å². The van der Waals surface area contributed by atoms with E-state index < -0.39 is 0 Å². The zero-order chi connectivity index (χ0) is 20.4. The van der Waals surface area contributed by atoms with Gasteiger partial charge >= 0.3 is 0 Å². The van der Waals surface area contributed by atoms with Gasteiger partial charge in [-0.2, -0.15) is 10.2 Å². The van der Waals surface area contributed by atoms with Gasteiger partial charge in [-0.15, -0.1) is 0 Å². The molecular weight excluding hydrogens is 370 g/mol. The van der Waals surface area contributed by atoms with E-state index in [1.165, 1.54) is 0 Å². The highest BCUT2D eigenvalue weighted by molar-refractivity contribution is 6.06. The quantitative estimate of drug-likeness (QED) is 0.484. The molecule has 0 aliphatic rings. The molecule has 0 radical (unpaired) electrons. The molecule has 0 spiro atoms. The molecule has 0 aliphatic carbocycles. The lowest BCUT2D eigenvalue weighted by molar-refractivity contribution is 0.0954. The van der Waals surface area contributed by atoms with Crippen molar-refractivity contribution >= 4 is 17.0 Å². The number of nitrogens with one attached hydrogen (secondary N) is 1. The van der Waals surface area contributed by atoms with Crippen molar-refractivity contribution in [2.24, 2.45) is 0 Å². The molecule has 29 heavy (non-hydrogen) atoms. The molecule has 1 amide bonds. The molecular formula is C20H23N7O2. The zero-order valence-electron chi connectivity index (χ0n) is 16.7. The Labute approximate surface area is 167 Å². The molecule has 9 heteroatoms. The fourth-order valence-electron chi connectivity index (χ4n) is 3.21. The minimum Gasteiger partial charge on any atom is -0.352 e. The second kappa shape index (κ2) is 7.86. The van der Waals surface area contributed by atoms with E-state index in [4.69, 9.17) is 4.52 Å². The van der Waals surface area contributed by atoms with Gasteiger partial charge in [0.2, 0.25) is 0 Å². The number of rotatable bonds is 7. The van der Waals surface area contributed by atoms with E-state index in [0.717, 1.165) is 25.1 Å². The molecule has 9 nitrogen and oxygen atoms in total. The fraction of sp³-hybridized carbons (Fsp3) is 0.350. The van der Waals surface area contributed by atoms with Crippen LogP contribution in [-0.2, 0) is 13.1 Å².